The molecule has 0 saturated carbocycles. The third-order valence-electron chi connectivity index (χ3n) is 3.19. The summed E-state index contributed by atoms with van der Waals surface area (Å²) in [5, 5.41) is 0. The molecule has 1 atom stereocenters. The number of hydrogen-bond acceptors (Lipinski definition) is 4. The number of ether oxygens (including phenoxy) is 3. The molecule has 4 nitrogen and oxygen atoms in total. The van der Waals surface area contributed by atoms with Crippen molar-refractivity contribution in [3.05, 3.63) is 17.7 Å². The Morgan fingerprint density at radius 2 is 1.42 bits per heavy atom. The highest BCUT2D eigenvalue weighted by molar-refractivity contribution is 5.51. The normalized spacial score (nSPS) is 12.4. The second-order valence-electron chi connectivity index (χ2n) is 5.03. The van der Waals surface area contributed by atoms with Gasteiger partial charge < -0.3 is 19.9 Å². The number of methoxy groups -OCH3 is 3. The minimum Gasteiger partial charge on any atom is -0.496 e. The molecule has 0 aliphatic carbocycles. The highest BCUT2D eigenvalue weighted by atomic mass is 16.5. The molecule has 0 unspecified atom stereocenters. The minimum absolute atomic E-state index is 0.0582. The molecule has 19 heavy (non-hydrogen) atoms. The molecule has 0 aliphatic heterocycles. The van der Waals surface area contributed by atoms with Gasteiger partial charge >= 0.3 is 0 Å². The Bertz CT molecular complexity index is 405. The molecular formula is C15H25NO3. The molecule has 1 rings (SSSR count). The van der Waals surface area contributed by atoms with Crippen LogP contribution in [0.3, 0.4) is 0 Å². The average molecular weight is 267 g/mol. The minimum atomic E-state index is -0.0582. The van der Waals surface area contributed by atoms with Crippen LogP contribution < -0.4 is 19.9 Å². The van der Waals surface area contributed by atoms with Crippen molar-refractivity contribution in [2.45, 2.75) is 32.7 Å². The molecule has 0 aromatic heterocycles. The highest BCUT2D eigenvalue weighted by Gasteiger charge is 2.17. The van der Waals surface area contributed by atoms with Crippen LogP contribution in [0.4, 0.5) is 0 Å². The van der Waals surface area contributed by atoms with Crippen LogP contribution in [0.1, 0.15) is 38.3 Å². The fourth-order valence-electron chi connectivity index (χ4n) is 2.01. The lowest BCUT2D eigenvalue weighted by atomic mass is 9.97. The van der Waals surface area contributed by atoms with E-state index in [-0.39, 0.29) is 6.04 Å². The smallest absolute Gasteiger partial charge is 0.164 e. The molecule has 0 heterocycles. The van der Waals surface area contributed by atoms with Crippen LogP contribution in [0.5, 0.6) is 17.2 Å². The standard InChI is InChI=1S/C15H25NO3/c1-10(2)6-7-12(16)11-8-14(18-4)15(19-5)9-13(11)17-3/h8-10,12H,6-7,16H2,1-5H3/t12-/m0/s1. The van der Waals surface area contributed by atoms with Crippen LogP contribution in [0.15, 0.2) is 12.1 Å². The Labute approximate surface area is 115 Å². The number of nitrogens with two attached hydrogens (primary N) is 1. The molecule has 4 heteroatoms. The molecular weight excluding hydrogens is 242 g/mol. The first kappa shape index (κ1) is 15.6. The van der Waals surface area contributed by atoms with Crippen molar-refractivity contribution in [2.75, 3.05) is 21.3 Å². The maximum absolute atomic E-state index is 6.26. The molecule has 2 N–H and O–H groups in total. The Kier molecular flexibility index (Phi) is 5.96. The number of rotatable bonds is 7. The highest BCUT2D eigenvalue weighted by Crippen LogP contribution is 2.38. The summed E-state index contributed by atoms with van der Waals surface area (Å²) >= 11 is 0. The molecule has 0 spiro atoms. The fourth-order valence-corrected chi connectivity index (χ4v) is 2.01. The first-order valence-corrected chi connectivity index (χ1v) is 6.59. The van der Waals surface area contributed by atoms with Gasteiger partial charge in [0, 0.05) is 17.7 Å². The SMILES string of the molecule is COc1cc(OC)c([C@@H](N)CCC(C)C)cc1OC. The molecule has 1 aromatic carbocycles. The maximum Gasteiger partial charge on any atom is 0.164 e. The predicted molar refractivity (Wildman–Crippen MR) is 77.1 cm³/mol. The van der Waals surface area contributed by atoms with E-state index in [1.165, 1.54) is 0 Å². The van der Waals surface area contributed by atoms with Crippen LogP contribution in [-0.2, 0) is 0 Å². The van der Waals surface area contributed by atoms with Gasteiger partial charge in [-0.2, -0.15) is 0 Å². The van der Waals surface area contributed by atoms with E-state index in [0.29, 0.717) is 17.4 Å². The van der Waals surface area contributed by atoms with Gasteiger partial charge in [0.05, 0.1) is 21.3 Å². The van der Waals surface area contributed by atoms with E-state index in [1.807, 2.05) is 12.1 Å². The monoisotopic (exact) mass is 267 g/mol. The lowest BCUT2D eigenvalue weighted by molar-refractivity contribution is 0.345. The van der Waals surface area contributed by atoms with Gasteiger partial charge in [-0.1, -0.05) is 13.8 Å². The van der Waals surface area contributed by atoms with Crippen molar-refractivity contribution in [1.82, 2.24) is 0 Å². The van der Waals surface area contributed by atoms with Crippen molar-refractivity contribution in [3.63, 3.8) is 0 Å². The second-order valence-corrected chi connectivity index (χ2v) is 5.03. The molecule has 0 radical (unpaired) electrons. The Morgan fingerprint density at radius 1 is 0.895 bits per heavy atom. The Balaban J connectivity index is 3.03. The summed E-state index contributed by atoms with van der Waals surface area (Å²) in [5.74, 6) is 2.71. The zero-order valence-corrected chi connectivity index (χ0v) is 12.5. The predicted octanol–water partition coefficient (Wildman–Crippen LogP) is 3.15. The van der Waals surface area contributed by atoms with Crippen LogP contribution in [0.2, 0.25) is 0 Å². The van der Waals surface area contributed by atoms with E-state index in [2.05, 4.69) is 13.8 Å². The molecule has 0 aliphatic rings. The van der Waals surface area contributed by atoms with Gasteiger partial charge in [0.1, 0.15) is 5.75 Å². The second kappa shape index (κ2) is 7.24. The fraction of sp³-hybridized carbons (Fsp3) is 0.600. The van der Waals surface area contributed by atoms with Gasteiger partial charge in [-0.05, 0) is 24.8 Å². The topological polar surface area (TPSA) is 53.7 Å². The summed E-state index contributed by atoms with van der Waals surface area (Å²) in [4.78, 5) is 0. The summed E-state index contributed by atoms with van der Waals surface area (Å²) in [6, 6.07) is 3.67. The van der Waals surface area contributed by atoms with Crippen molar-refractivity contribution in [1.29, 1.82) is 0 Å². The molecule has 0 fully saturated rings. The molecule has 0 saturated heterocycles. The summed E-state index contributed by atoms with van der Waals surface area (Å²) in [6.07, 6.45) is 2.00. The van der Waals surface area contributed by atoms with Crippen LogP contribution in [-0.4, -0.2) is 21.3 Å². The largest absolute Gasteiger partial charge is 0.496 e. The van der Waals surface area contributed by atoms with Gasteiger partial charge in [0.2, 0.25) is 0 Å². The van der Waals surface area contributed by atoms with Gasteiger partial charge in [0.15, 0.2) is 11.5 Å². The van der Waals surface area contributed by atoms with Crippen molar-refractivity contribution >= 4 is 0 Å². The van der Waals surface area contributed by atoms with E-state index >= 15 is 0 Å². The Morgan fingerprint density at radius 3 is 1.89 bits per heavy atom. The number of benzene rings is 1. The first-order valence-electron chi connectivity index (χ1n) is 6.59. The van der Waals surface area contributed by atoms with Crippen molar-refractivity contribution in [2.24, 2.45) is 11.7 Å². The summed E-state index contributed by atoms with van der Waals surface area (Å²) in [7, 11) is 4.86. The van der Waals surface area contributed by atoms with E-state index in [1.54, 1.807) is 21.3 Å². The average Bonchev–Trinajstić information content (AvgIpc) is 2.42. The lowest BCUT2D eigenvalue weighted by Gasteiger charge is -2.19. The van der Waals surface area contributed by atoms with Gasteiger partial charge in [-0.25, -0.2) is 0 Å². The van der Waals surface area contributed by atoms with Crippen molar-refractivity contribution < 1.29 is 14.2 Å². The zero-order valence-electron chi connectivity index (χ0n) is 12.5. The Hall–Kier alpha value is -1.42. The molecule has 1 aromatic rings. The molecule has 108 valence electrons. The molecule has 0 amide bonds. The van der Waals surface area contributed by atoms with E-state index < -0.39 is 0 Å². The van der Waals surface area contributed by atoms with Crippen LogP contribution >= 0.6 is 0 Å². The van der Waals surface area contributed by atoms with Crippen molar-refractivity contribution in [3.8, 4) is 17.2 Å². The maximum atomic E-state index is 6.26. The van der Waals surface area contributed by atoms with E-state index in [0.717, 1.165) is 24.2 Å². The summed E-state index contributed by atoms with van der Waals surface area (Å²) in [6.45, 7) is 4.39. The zero-order chi connectivity index (χ0) is 14.4. The summed E-state index contributed by atoms with van der Waals surface area (Å²) < 4.78 is 16.0. The summed E-state index contributed by atoms with van der Waals surface area (Å²) in [5.41, 5.74) is 7.22. The van der Waals surface area contributed by atoms with Crippen LogP contribution in [0.25, 0.3) is 0 Å². The first-order chi connectivity index (χ1) is 9.03. The van der Waals surface area contributed by atoms with Gasteiger partial charge in [-0.3, -0.25) is 0 Å². The number of hydrogen-bond donors (Lipinski definition) is 1. The van der Waals surface area contributed by atoms with E-state index in [9.17, 15) is 0 Å². The molecule has 0 bridgehead atoms. The third-order valence-corrected chi connectivity index (χ3v) is 3.19. The lowest BCUT2D eigenvalue weighted by Crippen LogP contribution is -2.13. The quantitative estimate of drug-likeness (QED) is 0.824. The third kappa shape index (κ3) is 4.03. The van der Waals surface area contributed by atoms with Gasteiger partial charge in [0.25, 0.3) is 0 Å². The van der Waals surface area contributed by atoms with Gasteiger partial charge in [-0.15, -0.1) is 0 Å². The van der Waals surface area contributed by atoms with E-state index in [4.69, 9.17) is 19.9 Å². The van der Waals surface area contributed by atoms with Crippen LogP contribution in [0, 0.1) is 5.92 Å².